The highest BCUT2D eigenvalue weighted by Crippen LogP contribution is 2.25. The minimum atomic E-state index is -0.490. The van der Waals surface area contributed by atoms with Crippen molar-refractivity contribution in [3.8, 4) is 17.4 Å². The number of hydrogen-bond acceptors (Lipinski definition) is 4. The van der Waals surface area contributed by atoms with Gasteiger partial charge in [0.15, 0.2) is 5.82 Å². The van der Waals surface area contributed by atoms with Crippen molar-refractivity contribution in [3.63, 3.8) is 0 Å². The van der Waals surface area contributed by atoms with E-state index >= 15 is 0 Å². The van der Waals surface area contributed by atoms with Crippen molar-refractivity contribution >= 4 is 23.2 Å². The molecule has 0 aliphatic heterocycles. The number of aromatic amines is 1. The molecule has 2 heterocycles. The van der Waals surface area contributed by atoms with Crippen LogP contribution in [0.15, 0.2) is 23.1 Å². The Labute approximate surface area is 99.7 Å². The molecule has 0 aliphatic rings. The molecule has 0 saturated heterocycles. The molecule has 2 N–H and O–H groups in total. The molecule has 2 rings (SSSR count). The van der Waals surface area contributed by atoms with E-state index in [1.807, 2.05) is 0 Å². The lowest BCUT2D eigenvalue weighted by atomic mass is 10.3. The quantitative estimate of drug-likeness (QED) is 0.817. The van der Waals surface area contributed by atoms with Crippen molar-refractivity contribution in [2.45, 2.75) is 0 Å². The molecule has 0 atom stereocenters. The predicted molar refractivity (Wildman–Crippen MR) is 59.8 cm³/mol. The van der Waals surface area contributed by atoms with Gasteiger partial charge in [-0.05, 0) is 6.07 Å². The number of halogens is 2. The molecule has 0 radical (unpaired) electrons. The van der Waals surface area contributed by atoms with E-state index in [2.05, 4.69) is 15.0 Å². The highest BCUT2D eigenvalue weighted by molar-refractivity contribution is 6.35. The maximum atomic E-state index is 11.1. The molecule has 16 heavy (non-hydrogen) atoms. The van der Waals surface area contributed by atoms with Gasteiger partial charge in [0.2, 0.25) is 5.88 Å². The average Bonchev–Trinajstić information content (AvgIpc) is 2.15. The van der Waals surface area contributed by atoms with Crippen LogP contribution in [-0.4, -0.2) is 20.1 Å². The number of H-pyrrole nitrogens is 1. The third kappa shape index (κ3) is 2.15. The Bertz CT molecular complexity index is 598. The maximum absolute atomic E-state index is 11.1. The Morgan fingerprint density at radius 3 is 2.69 bits per heavy atom. The van der Waals surface area contributed by atoms with E-state index in [4.69, 9.17) is 23.2 Å². The van der Waals surface area contributed by atoms with Crippen LogP contribution in [0.25, 0.3) is 11.5 Å². The van der Waals surface area contributed by atoms with Gasteiger partial charge in [0.05, 0.1) is 16.1 Å². The van der Waals surface area contributed by atoms with Crippen LogP contribution in [0.4, 0.5) is 0 Å². The van der Waals surface area contributed by atoms with Crippen LogP contribution in [0.3, 0.4) is 0 Å². The summed E-state index contributed by atoms with van der Waals surface area (Å²) in [6.07, 6.45) is 1.37. The molecule has 0 spiro atoms. The lowest BCUT2D eigenvalue weighted by molar-refractivity contribution is 0.452. The fourth-order valence-corrected chi connectivity index (χ4v) is 1.62. The van der Waals surface area contributed by atoms with E-state index in [9.17, 15) is 9.90 Å². The summed E-state index contributed by atoms with van der Waals surface area (Å²) in [4.78, 5) is 21.1. The van der Waals surface area contributed by atoms with Gasteiger partial charge in [0.1, 0.15) is 5.69 Å². The number of nitrogens with one attached hydrogen (secondary N) is 1. The van der Waals surface area contributed by atoms with Gasteiger partial charge in [0, 0.05) is 6.20 Å². The van der Waals surface area contributed by atoms with Crippen molar-refractivity contribution in [2.24, 2.45) is 0 Å². The highest BCUT2D eigenvalue weighted by atomic mass is 35.5. The second-order valence-electron chi connectivity index (χ2n) is 2.94. The topological polar surface area (TPSA) is 78.9 Å². The normalized spacial score (nSPS) is 10.4. The van der Waals surface area contributed by atoms with Crippen LogP contribution < -0.4 is 5.56 Å². The number of aromatic hydroxyl groups is 1. The van der Waals surface area contributed by atoms with Gasteiger partial charge in [-0.2, -0.15) is 4.98 Å². The van der Waals surface area contributed by atoms with Crippen LogP contribution in [0.2, 0.25) is 10.0 Å². The van der Waals surface area contributed by atoms with Crippen molar-refractivity contribution in [1.82, 2.24) is 15.0 Å². The van der Waals surface area contributed by atoms with E-state index in [0.29, 0.717) is 5.02 Å². The third-order valence-electron chi connectivity index (χ3n) is 1.76. The van der Waals surface area contributed by atoms with Gasteiger partial charge in [-0.3, -0.25) is 4.79 Å². The first-order valence-electron chi connectivity index (χ1n) is 4.18. The highest BCUT2D eigenvalue weighted by Gasteiger charge is 2.09. The number of rotatable bonds is 1. The Hall–Kier alpha value is -1.59. The summed E-state index contributed by atoms with van der Waals surface area (Å²) < 4.78 is 0. The molecular weight excluding hydrogens is 253 g/mol. The van der Waals surface area contributed by atoms with Crippen LogP contribution in [0.5, 0.6) is 5.88 Å². The summed E-state index contributed by atoms with van der Waals surface area (Å²) in [5, 5.41) is 9.78. The van der Waals surface area contributed by atoms with E-state index in [0.717, 1.165) is 6.07 Å². The zero-order chi connectivity index (χ0) is 11.7. The zero-order valence-corrected chi connectivity index (χ0v) is 9.25. The fraction of sp³-hybridized carbons (Fsp3) is 0. The maximum Gasteiger partial charge on any atom is 0.255 e. The molecule has 0 bridgehead atoms. The fourth-order valence-electron chi connectivity index (χ4n) is 1.15. The second-order valence-corrected chi connectivity index (χ2v) is 3.78. The average molecular weight is 258 g/mol. The number of aromatic nitrogens is 3. The summed E-state index contributed by atoms with van der Waals surface area (Å²) in [6.45, 7) is 0. The second kappa shape index (κ2) is 4.11. The summed E-state index contributed by atoms with van der Waals surface area (Å²) in [5.74, 6) is -0.307. The van der Waals surface area contributed by atoms with E-state index < -0.39 is 11.4 Å². The molecule has 7 heteroatoms. The minimum Gasteiger partial charge on any atom is -0.493 e. The zero-order valence-electron chi connectivity index (χ0n) is 7.74. The Balaban J connectivity index is 2.63. The van der Waals surface area contributed by atoms with Crippen LogP contribution in [-0.2, 0) is 0 Å². The largest absolute Gasteiger partial charge is 0.493 e. The van der Waals surface area contributed by atoms with Crippen LogP contribution in [0, 0.1) is 0 Å². The Morgan fingerprint density at radius 2 is 2.06 bits per heavy atom. The van der Waals surface area contributed by atoms with Gasteiger partial charge in [-0.25, -0.2) is 4.98 Å². The molecule has 0 aliphatic carbocycles. The summed E-state index contributed by atoms with van der Waals surface area (Å²) in [6, 6.07) is 2.42. The summed E-state index contributed by atoms with van der Waals surface area (Å²) in [5.41, 5.74) is -0.241. The van der Waals surface area contributed by atoms with Gasteiger partial charge in [-0.15, -0.1) is 0 Å². The molecule has 2 aromatic heterocycles. The first-order chi connectivity index (χ1) is 7.56. The van der Waals surface area contributed by atoms with E-state index in [-0.39, 0.29) is 16.5 Å². The number of pyridine rings is 1. The van der Waals surface area contributed by atoms with Crippen molar-refractivity contribution in [2.75, 3.05) is 0 Å². The molecule has 0 unspecified atom stereocenters. The van der Waals surface area contributed by atoms with Crippen molar-refractivity contribution in [1.29, 1.82) is 0 Å². The van der Waals surface area contributed by atoms with Gasteiger partial charge in [0.25, 0.3) is 5.56 Å². The lowest BCUT2D eigenvalue weighted by Crippen LogP contribution is -2.07. The summed E-state index contributed by atoms with van der Waals surface area (Å²) in [7, 11) is 0. The smallest absolute Gasteiger partial charge is 0.255 e. The molecule has 5 nitrogen and oxygen atoms in total. The molecule has 0 fully saturated rings. The van der Waals surface area contributed by atoms with E-state index in [1.165, 1.54) is 12.3 Å². The Morgan fingerprint density at radius 1 is 1.31 bits per heavy atom. The number of hydrogen-bond donors (Lipinski definition) is 2. The van der Waals surface area contributed by atoms with Crippen LogP contribution >= 0.6 is 23.2 Å². The van der Waals surface area contributed by atoms with Gasteiger partial charge < -0.3 is 10.1 Å². The van der Waals surface area contributed by atoms with Crippen LogP contribution in [0.1, 0.15) is 0 Å². The SMILES string of the molecule is O=c1cc(O)nc(-c2ncc(Cl)cc2Cl)[nH]1. The van der Waals surface area contributed by atoms with Gasteiger partial charge >= 0.3 is 0 Å². The third-order valence-corrected chi connectivity index (χ3v) is 2.26. The monoisotopic (exact) mass is 257 g/mol. The molecule has 0 amide bonds. The molecular formula is C9H5Cl2N3O2. The predicted octanol–water partition coefficient (Wildman–Crippen LogP) is 1.84. The molecule has 2 aromatic rings. The molecule has 82 valence electrons. The molecule has 0 saturated carbocycles. The first-order valence-corrected chi connectivity index (χ1v) is 4.93. The number of nitrogens with zero attached hydrogens (tertiary/aromatic N) is 2. The van der Waals surface area contributed by atoms with Crippen molar-refractivity contribution in [3.05, 3.63) is 38.7 Å². The van der Waals surface area contributed by atoms with Gasteiger partial charge in [-0.1, -0.05) is 23.2 Å². The first kappa shape index (κ1) is 10.9. The standard InChI is InChI=1S/C9H5Cl2N3O2/c10-4-1-5(11)8(12-3-4)9-13-6(15)2-7(16)14-9/h1-3H,(H2,13,14,15,16). The van der Waals surface area contributed by atoms with E-state index in [1.54, 1.807) is 0 Å². The minimum absolute atomic E-state index is 0.0895. The molecule has 0 aromatic carbocycles. The summed E-state index contributed by atoms with van der Waals surface area (Å²) >= 11 is 11.6. The lowest BCUT2D eigenvalue weighted by Gasteiger charge is -2.02. The Kier molecular flexibility index (Phi) is 2.80. The van der Waals surface area contributed by atoms with Crippen molar-refractivity contribution < 1.29 is 5.11 Å².